The summed E-state index contributed by atoms with van der Waals surface area (Å²) in [4.78, 5) is 11.5. The van der Waals surface area contributed by atoms with Gasteiger partial charge in [-0.25, -0.2) is 0 Å². The van der Waals surface area contributed by atoms with Crippen LogP contribution >= 0.6 is 12.4 Å². The Morgan fingerprint density at radius 2 is 1.88 bits per heavy atom. The van der Waals surface area contributed by atoms with Crippen LogP contribution in [0.3, 0.4) is 0 Å². The maximum atomic E-state index is 11.5. The molecule has 0 saturated carbocycles. The standard InChI is InChI=1S/C12H26N2O.ClH/c1-5-11(9(2)3)8-12(15)14-7-6-10(4)13;/h9-11H,5-8,13H2,1-4H3,(H,14,15);1H. The third kappa shape index (κ3) is 8.98. The van der Waals surface area contributed by atoms with E-state index in [1.54, 1.807) is 0 Å². The van der Waals surface area contributed by atoms with Gasteiger partial charge in [-0.05, 0) is 25.2 Å². The van der Waals surface area contributed by atoms with Crippen molar-refractivity contribution < 1.29 is 4.79 Å². The highest BCUT2D eigenvalue weighted by Gasteiger charge is 2.15. The van der Waals surface area contributed by atoms with E-state index < -0.39 is 0 Å². The molecule has 0 aromatic heterocycles. The number of halogens is 1. The molecule has 0 aliphatic carbocycles. The quantitative estimate of drug-likeness (QED) is 0.729. The molecule has 0 radical (unpaired) electrons. The fourth-order valence-electron chi connectivity index (χ4n) is 1.60. The Morgan fingerprint density at radius 1 is 1.31 bits per heavy atom. The second-order valence-corrected chi connectivity index (χ2v) is 4.73. The molecule has 0 spiro atoms. The van der Waals surface area contributed by atoms with Crippen molar-refractivity contribution in [1.29, 1.82) is 0 Å². The van der Waals surface area contributed by atoms with Gasteiger partial charge in [-0.3, -0.25) is 4.79 Å². The van der Waals surface area contributed by atoms with Crippen LogP contribution in [0.5, 0.6) is 0 Å². The maximum Gasteiger partial charge on any atom is 0.220 e. The summed E-state index contributed by atoms with van der Waals surface area (Å²) in [6.45, 7) is 9.13. The Morgan fingerprint density at radius 3 is 2.25 bits per heavy atom. The molecule has 1 amide bonds. The predicted octanol–water partition coefficient (Wildman–Crippen LogP) is 2.33. The zero-order chi connectivity index (χ0) is 11.8. The number of carbonyl (C=O) groups is 1. The largest absolute Gasteiger partial charge is 0.356 e. The minimum Gasteiger partial charge on any atom is -0.356 e. The van der Waals surface area contributed by atoms with E-state index >= 15 is 0 Å². The number of rotatable bonds is 7. The van der Waals surface area contributed by atoms with Crippen molar-refractivity contribution in [3.8, 4) is 0 Å². The van der Waals surface area contributed by atoms with E-state index in [-0.39, 0.29) is 24.4 Å². The highest BCUT2D eigenvalue weighted by Crippen LogP contribution is 2.18. The van der Waals surface area contributed by atoms with Gasteiger partial charge in [-0.2, -0.15) is 0 Å². The fourth-order valence-corrected chi connectivity index (χ4v) is 1.60. The lowest BCUT2D eigenvalue weighted by Gasteiger charge is -2.18. The summed E-state index contributed by atoms with van der Waals surface area (Å²) in [5, 5.41) is 2.91. The van der Waals surface area contributed by atoms with Crippen molar-refractivity contribution in [3.05, 3.63) is 0 Å². The third-order valence-corrected chi connectivity index (χ3v) is 2.84. The summed E-state index contributed by atoms with van der Waals surface area (Å²) >= 11 is 0. The van der Waals surface area contributed by atoms with E-state index in [0.29, 0.717) is 24.8 Å². The van der Waals surface area contributed by atoms with Crippen molar-refractivity contribution in [3.63, 3.8) is 0 Å². The summed E-state index contributed by atoms with van der Waals surface area (Å²) in [5.74, 6) is 1.24. The fraction of sp³-hybridized carbons (Fsp3) is 0.917. The van der Waals surface area contributed by atoms with Crippen molar-refractivity contribution in [2.24, 2.45) is 17.6 Å². The maximum absolute atomic E-state index is 11.5. The first-order valence-electron chi connectivity index (χ1n) is 5.99. The summed E-state index contributed by atoms with van der Waals surface area (Å²) in [7, 11) is 0. The highest BCUT2D eigenvalue weighted by atomic mass is 35.5. The van der Waals surface area contributed by atoms with Gasteiger partial charge in [0.2, 0.25) is 5.91 Å². The topological polar surface area (TPSA) is 55.1 Å². The molecule has 0 aromatic rings. The molecule has 0 aromatic carbocycles. The smallest absolute Gasteiger partial charge is 0.220 e. The number of nitrogens with one attached hydrogen (secondary N) is 1. The molecule has 0 rings (SSSR count). The molecule has 3 N–H and O–H groups in total. The van der Waals surface area contributed by atoms with E-state index in [0.717, 1.165) is 12.8 Å². The average molecular weight is 251 g/mol. The molecular formula is C12H27ClN2O. The lowest BCUT2D eigenvalue weighted by Crippen LogP contribution is -2.30. The molecule has 4 heteroatoms. The minimum atomic E-state index is 0. The first-order valence-corrected chi connectivity index (χ1v) is 5.99. The van der Waals surface area contributed by atoms with Crippen molar-refractivity contribution in [2.75, 3.05) is 6.54 Å². The molecule has 0 bridgehead atoms. The van der Waals surface area contributed by atoms with Crippen molar-refractivity contribution in [2.45, 2.75) is 53.0 Å². The first kappa shape index (κ1) is 18.1. The minimum absolute atomic E-state index is 0. The molecule has 0 aliphatic rings. The van der Waals surface area contributed by atoms with Crippen LogP contribution in [0.2, 0.25) is 0 Å². The van der Waals surface area contributed by atoms with Crippen molar-refractivity contribution in [1.82, 2.24) is 5.32 Å². The van der Waals surface area contributed by atoms with E-state index in [1.807, 2.05) is 6.92 Å². The zero-order valence-electron chi connectivity index (χ0n) is 11.0. The Hall–Kier alpha value is -0.280. The van der Waals surface area contributed by atoms with Gasteiger partial charge in [0.1, 0.15) is 0 Å². The van der Waals surface area contributed by atoms with Gasteiger partial charge in [0.05, 0.1) is 0 Å². The van der Waals surface area contributed by atoms with Crippen LogP contribution < -0.4 is 11.1 Å². The van der Waals surface area contributed by atoms with Crippen LogP contribution in [0, 0.1) is 11.8 Å². The lowest BCUT2D eigenvalue weighted by molar-refractivity contribution is -0.122. The van der Waals surface area contributed by atoms with Gasteiger partial charge in [-0.1, -0.05) is 27.2 Å². The van der Waals surface area contributed by atoms with Crippen LogP contribution in [0.25, 0.3) is 0 Å². The van der Waals surface area contributed by atoms with E-state index in [2.05, 4.69) is 26.1 Å². The summed E-state index contributed by atoms with van der Waals surface area (Å²) in [5.41, 5.74) is 5.60. The monoisotopic (exact) mass is 250 g/mol. The summed E-state index contributed by atoms with van der Waals surface area (Å²) in [6, 6.07) is 0.164. The molecule has 0 fully saturated rings. The van der Waals surface area contributed by atoms with Crippen molar-refractivity contribution >= 4 is 18.3 Å². The van der Waals surface area contributed by atoms with Crippen LogP contribution in [0.4, 0.5) is 0 Å². The Kier molecular flexibility index (Phi) is 11.2. The number of carbonyl (C=O) groups excluding carboxylic acids is 1. The van der Waals surface area contributed by atoms with E-state index in [9.17, 15) is 4.79 Å². The van der Waals surface area contributed by atoms with E-state index in [4.69, 9.17) is 5.73 Å². The molecule has 98 valence electrons. The summed E-state index contributed by atoms with van der Waals surface area (Å²) in [6.07, 6.45) is 2.57. The molecule has 0 aliphatic heterocycles. The van der Waals surface area contributed by atoms with E-state index in [1.165, 1.54) is 0 Å². The third-order valence-electron chi connectivity index (χ3n) is 2.84. The van der Waals surface area contributed by atoms with Gasteiger partial charge in [0.15, 0.2) is 0 Å². The van der Waals surface area contributed by atoms with Crippen LogP contribution in [0.1, 0.15) is 47.0 Å². The molecule has 2 atom stereocenters. The Bertz CT molecular complexity index is 184. The second kappa shape index (κ2) is 9.91. The lowest BCUT2D eigenvalue weighted by atomic mass is 9.90. The van der Waals surface area contributed by atoms with Gasteiger partial charge in [0, 0.05) is 19.0 Å². The zero-order valence-corrected chi connectivity index (χ0v) is 11.8. The second-order valence-electron chi connectivity index (χ2n) is 4.73. The molecule has 3 nitrogen and oxygen atoms in total. The first-order chi connectivity index (χ1) is 6.97. The molecule has 16 heavy (non-hydrogen) atoms. The SMILES string of the molecule is CCC(CC(=O)NCCC(C)N)C(C)C.Cl. The average Bonchev–Trinajstić information content (AvgIpc) is 2.13. The van der Waals surface area contributed by atoms with Crippen LogP contribution in [-0.2, 0) is 4.79 Å². The number of amides is 1. The van der Waals surface area contributed by atoms with Gasteiger partial charge < -0.3 is 11.1 Å². The predicted molar refractivity (Wildman–Crippen MR) is 71.8 cm³/mol. The number of hydrogen-bond acceptors (Lipinski definition) is 2. The van der Waals surface area contributed by atoms with Gasteiger partial charge in [-0.15, -0.1) is 12.4 Å². The van der Waals surface area contributed by atoms with Crippen LogP contribution in [-0.4, -0.2) is 18.5 Å². The van der Waals surface area contributed by atoms with Gasteiger partial charge >= 0.3 is 0 Å². The summed E-state index contributed by atoms with van der Waals surface area (Å²) < 4.78 is 0. The van der Waals surface area contributed by atoms with Gasteiger partial charge in [0.25, 0.3) is 0 Å². The molecule has 2 unspecified atom stereocenters. The Labute approximate surface area is 106 Å². The van der Waals surface area contributed by atoms with Crippen LogP contribution in [0.15, 0.2) is 0 Å². The normalized spacial score (nSPS) is 14.1. The molecule has 0 heterocycles. The molecular weight excluding hydrogens is 224 g/mol. The Balaban J connectivity index is 0. The molecule has 0 saturated heterocycles. The number of hydrogen-bond donors (Lipinski definition) is 2. The number of nitrogens with two attached hydrogens (primary N) is 1. The highest BCUT2D eigenvalue weighted by molar-refractivity contribution is 5.85.